The predicted octanol–water partition coefficient (Wildman–Crippen LogP) is 2.73. The van der Waals surface area contributed by atoms with E-state index >= 15 is 0 Å². The van der Waals surface area contributed by atoms with E-state index in [2.05, 4.69) is 46.0 Å². The van der Waals surface area contributed by atoms with Crippen molar-refractivity contribution in [3.63, 3.8) is 0 Å². The molecule has 1 aromatic carbocycles. The molecule has 0 unspecified atom stereocenters. The number of nitrogens with zero attached hydrogens (tertiary/aromatic N) is 2. The van der Waals surface area contributed by atoms with Crippen LogP contribution in [0.3, 0.4) is 0 Å². The number of fused-ring (bicyclic) bond motifs is 1. The van der Waals surface area contributed by atoms with Crippen molar-refractivity contribution in [3.8, 4) is 0 Å². The highest BCUT2D eigenvalue weighted by Crippen LogP contribution is 2.30. The molecular weight excluding hydrogens is 280 g/mol. The highest BCUT2D eigenvalue weighted by Gasteiger charge is 2.09. The number of aliphatic hydroxyl groups is 1. The van der Waals surface area contributed by atoms with E-state index in [1.807, 2.05) is 11.9 Å². The molecular formula is C13H15BrN2O. The lowest BCUT2D eigenvalue weighted by Crippen LogP contribution is -2.22. The van der Waals surface area contributed by atoms with Gasteiger partial charge in [-0.3, -0.25) is 0 Å². The highest BCUT2D eigenvalue weighted by atomic mass is 79.9. The first-order chi connectivity index (χ1) is 8.13. The average molecular weight is 295 g/mol. The van der Waals surface area contributed by atoms with Gasteiger partial charge in [0.25, 0.3) is 0 Å². The second-order valence-electron chi connectivity index (χ2n) is 4.12. The Kier molecular flexibility index (Phi) is 3.64. The molecule has 1 heterocycles. The molecule has 4 heteroatoms. The third kappa shape index (κ3) is 2.42. The maximum atomic E-state index is 9.00. The maximum absolute atomic E-state index is 9.00. The number of aliphatic hydroxyl groups excluding tert-OH is 1. The van der Waals surface area contributed by atoms with Crippen LogP contribution in [0.25, 0.3) is 10.8 Å². The van der Waals surface area contributed by atoms with Gasteiger partial charge in [-0.1, -0.05) is 17.7 Å². The van der Waals surface area contributed by atoms with E-state index in [0.717, 1.165) is 21.1 Å². The summed E-state index contributed by atoms with van der Waals surface area (Å²) in [5.74, 6) is 0.904. The molecule has 0 aliphatic carbocycles. The zero-order valence-corrected chi connectivity index (χ0v) is 11.5. The summed E-state index contributed by atoms with van der Waals surface area (Å²) in [7, 11) is 1.94. The molecule has 3 nitrogen and oxygen atoms in total. The van der Waals surface area contributed by atoms with E-state index in [1.165, 1.54) is 5.56 Å². The van der Waals surface area contributed by atoms with Crippen molar-refractivity contribution in [3.05, 3.63) is 34.4 Å². The van der Waals surface area contributed by atoms with Crippen LogP contribution in [-0.2, 0) is 0 Å². The number of rotatable bonds is 3. The number of hydrogen-bond acceptors (Lipinski definition) is 3. The summed E-state index contributed by atoms with van der Waals surface area (Å²) in [5, 5.41) is 11.3. The summed E-state index contributed by atoms with van der Waals surface area (Å²) >= 11 is 3.51. The van der Waals surface area contributed by atoms with Crippen LogP contribution in [0.5, 0.6) is 0 Å². The maximum Gasteiger partial charge on any atom is 0.136 e. The standard InChI is InChI=1S/C13H15BrN2O/c1-9-3-4-10-11(7-9)13(15-8-12(10)14)16(2)5-6-17/h3-4,7-8,17H,5-6H2,1-2H3. The van der Waals surface area contributed by atoms with E-state index in [1.54, 1.807) is 6.20 Å². The fraction of sp³-hybridized carbons (Fsp3) is 0.308. The van der Waals surface area contributed by atoms with Crippen molar-refractivity contribution < 1.29 is 5.11 Å². The second kappa shape index (κ2) is 5.02. The molecule has 1 N–H and O–H groups in total. The van der Waals surface area contributed by atoms with Crippen LogP contribution >= 0.6 is 15.9 Å². The van der Waals surface area contributed by atoms with E-state index < -0.39 is 0 Å². The molecule has 0 saturated heterocycles. The lowest BCUT2D eigenvalue weighted by molar-refractivity contribution is 0.304. The molecule has 0 amide bonds. The Balaban J connectivity index is 2.63. The van der Waals surface area contributed by atoms with Crippen LogP contribution in [0.1, 0.15) is 5.56 Å². The Morgan fingerprint density at radius 2 is 2.12 bits per heavy atom. The molecule has 2 rings (SSSR count). The van der Waals surface area contributed by atoms with Crippen LogP contribution < -0.4 is 4.90 Å². The zero-order valence-electron chi connectivity index (χ0n) is 9.94. The number of pyridine rings is 1. The lowest BCUT2D eigenvalue weighted by Gasteiger charge is -2.19. The van der Waals surface area contributed by atoms with Crippen molar-refractivity contribution in [1.29, 1.82) is 0 Å². The lowest BCUT2D eigenvalue weighted by atomic mass is 10.1. The summed E-state index contributed by atoms with van der Waals surface area (Å²) in [6.07, 6.45) is 1.81. The predicted molar refractivity (Wildman–Crippen MR) is 74.5 cm³/mol. The van der Waals surface area contributed by atoms with E-state index in [-0.39, 0.29) is 6.61 Å². The Hall–Kier alpha value is -1.13. The van der Waals surface area contributed by atoms with Crippen molar-refractivity contribution in [1.82, 2.24) is 4.98 Å². The van der Waals surface area contributed by atoms with Crippen LogP contribution in [-0.4, -0.2) is 30.3 Å². The molecule has 17 heavy (non-hydrogen) atoms. The number of aryl methyl sites for hydroxylation is 1. The Morgan fingerprint density at radius 1 is 1.35 bits per heavy atom. The number of aromatic nitrogens is 1. The first-order valence-corrected chi connectivity index (χ1v) is 6.29. The number of benzene rings is 1. The SMILES string of the molecule is Cc1ccc2c(Br)cnc(N(C)CCO)c2c1. The Morgan fingerprint density at radius 3 is 2.82 bits per heavy atom. The van der Waals surface area contributed by atoms with E-state index in [0.29, 0.717) is 6.54 Å². The molecule has 0 atom stereocenters. The zero-order chi connectivity index (χ0) is 12.4. The molecule has 0 aliphatic rings. The van der Waals surface area contributed by atoms with Gasteiger partial charge < -0.3 is 10.0 Å². The van der Waals surface area contributed by atoms with Gasteiger partial charge in [-0.15, -0.1) is 0 Å². The van der Waals surface area contributed by atoms with Crippen LogP contribution in [0, 0.1) is 6.92 Å². The minimum atomic E-state index is 0.127. The van der Waals surface area contributed by atoms with Gasteiger partial charge >= 0.3 is 0 Å². The van der Waals surface area contributed by atoms with E-state index in [4.69, 9.17) is 5.11 Å². The number of likely N-dealkylation sites (N-methyl/N-ethyl adjacent to an activating group) is 1. The fourth-order valence-corrected chi connectivity index (χ4v) is 2.32. The van der Waals surface area contributed by atoms with Crippen molar-refractivity contribution in [2.24, 2.45) is 0 Å². The van der Waals surface area contributed by atoms with Gasteiger partial charge in [-0.25, -0.2) is 4.98 Å². The third-order valence-electron chi connectivity index (χ3n) is 2.77. The first-order valence-electron chi connectivity index (χ1n) is 5.50. The molecule has 90 valence electrons. The highest BCUT2D eigenvalue weighted by molar-refractivity contribution is 9.10. The summed E-state index contributed by atoms with van der Waals surface area (Å²) in [6.45, 7) is 2.77. The summed E-state index contributed by atoms with van der Waals surface area (Å²) in [5.41, 5.74) is 1.20. The normalized spacial score (nSPS) is 10.8. The van der Waals surface area contributed by atoms with Gasteiger partial charge in [0.2, 0.25) is 0 Å². The molecule has 0 bridgehead atoms. The molecule has 0 spiro atoms. The van der Waals surface area contributed by atoms with Gasteiger partial charge in [0.15, 0.2) is 0 Å². The number of hydrogen-bond donors (Lipinski definition) is 1. The number of halogens is 1. The van der Waals surface area contributed by atoms with Gasteiger partial charge in [0.05, 0.1) is 6.61 Å². The monoisotopic (exact) mass is 294 g/mol. The van der Waals surface area contributed by atoms with Crippen LogP contribution in [0.15, 0.2) is 28.9 Å². The van der Waals surface area contributed by atoms with Gasteiger partial charge in [0.1, 0.15) is 5.82 Å². The topological polar surface area (TPSA) is 36.4 Å². The van der Waals surface area contributed by atoms with Crippen molar-refractivity contribution in [2.75, 3.05) is 25.1 Å². The van der Waals surface area contributed by atoms with E-state index in [9.17, 15) is 0 Å². The first kappa shape index (κ1) is 12.3. The second-order valence-corrected chi connectivity index (χ2v) is 4.98. The molecule has 2 aromatic rings. The molecule has 1 aromatic heterocycles. The van der Waals surface area contributed by atoms with Gasteiger partial charge in [-0.05, 0) is 28.9 Å². The third-order valence-corrected chi connectivity index (χ3v) is 3.40. The average Bonchev–Trinajstić information content (AvgIpc) is 2.29. The molecule has 0 radical (unpaired) electrons. The smallest absolute Gasteiger partial charge is 0.136 e. The Bertz CT molecular complexity index is 542. The molecule has 0 fully saturated rings. The summed E-state index contributed by atoms with van der Waals surface area (Å²) in [6, 6.07) is 6.30. The molecule has 0 aliphatic heterocycles. The van der Waals surface area contributed by atoms with Crippen molar-refractivity contribution in [2.45, 2.75) is 6.92 Å². The molecule has 0 saturated carbocycles. The number of anilines is 1. The van der Waals surface area contributed by atoms with Crippen LogP contribution in [0.4, 0.5) is 5.82 Å². The van der Waals surface area contributed by atoms with Gasteiger partial charge in [-0.2, -0.15) is 0 Å². The summed E-state index contributed by atoms with van der Waals surface area (Å²) < 4.78 is 0.994. The minimum absolute atomic E-state index is 0.127. The largest absolute Gasteiger partial charge is 0.395 e. The Labute approximate surface area is 109 Å². The van der Waals surface area contributed by atoms with Gasteiger partial charge in [0, 0.05) is 35.0 Å². The fourth-order valence-electron chi connectivity index (χ4n) is 1.87. The van der Waals surface area contributed by atoms with Crippen molar-refractivity contribution >= 4 is 32.5 Å². The quantitative estimate of drug-likeness (QED) is 0.946. The van der Waals surface area contributed by atoms with Crippen LogP contribution in [0.2, 0.25) is 0 Å². The minimum Gasteiger partial charge on any atom is -0.395 e. The summed E-state index contributed by atoms with van der Waals surface area (Å²) in [4.78, 5) is 6.40.